The van der Waals surface area contributed by atoms with Crippen LogP contribution in [0.5, 0.6) is 0 Å². The molecule has 0 radical (unpaired) electrons. The van der Waals surface area contributed by atoms with Gasteiger partial charge in [0.05, 0.1) is 18.7 Å². The zero-order valence-corrected chi connectivity index (χ0v) is 11.7. The molecule has 1 heterocycles. The molecule has 7 heteroatoms. The van der Waals surface area contributed by atoms with Crippen molar-refractivity contribution in [2.75, 3.05) is 46.9 Å². The molecule has 19 heavy (non-hydrogen) atoms. The summed E-state index contributed by atoms with van der Waals surface area (Å²) in [6, 6.07) is -0.287. The second kappa shape index (κ2) is 7.75. The van der Waals surface area contributed by atoms with Crippen molar-refractivity contribution in [1.82, 2.24) is 20.9 Å². The fourth-order valence-corrected chi connectivity index (χ4v) is 1.73. The number of nitrogens with one attached hydrogen (secondary N) is 3. The summed E-state index contributed by atoms with van der Waals surface area (Å²) < 4.78 is 4.99. The number of likely N-dealkylation sites (N-methyl/N-ethyl adjacent to an activating group) is 2. The summed E-state index contributed by atoms with van der Waals surface area (Å²) in [5, 5.41) is 8.31. The first-order valence-electron chi connectivity index (χ1n) is 6.35. The lowest BCUT2D eigenvalue weighted by molar-refractivity contribution is -0.138. The van der Waals surface area contributed by atoms with Crippen LogP contribution in [0, 0.1) is 0 Å². The summed E-state index contributed by atoms with van der Waals surface area (Å²) in [6.07, 6.45) is 0. The highest BCUT2D eigenvalue weighted by molar-refractivity contribution is 5.93. The van der Waals surface area contributed by atoms with Crippen LogP contribution in [0.15, 0.2) is 11.3 Å². The van der Waals surface area contributed by atoms with Gasteiger partial charge in [-0.2, -0.15) is 0 Å². The van der Waals surface area contributed by atoms with Crippen LogP contribution < -0.4 is 16.0 Å². The van der Waals surface area contributed by atoms with Crippen molar-refractivity contribution in [3.8, 4) is 0 Å². The van der Waals surface area contributed by atoms with Crippen LogP contribution in [0.4, 0.5) is 4.79 Å². The highest BCUT2D eigenvalue weighted by atomic mass is 16.5. The van der Waals surface area contributed by atoms with E-state index in [0.29, 0.717) is 24.4 Å². The summed E-state index contributed by atoms with van der Waals surface area (Å²) in [6.45, 7) is 4.44. The van der Waals surface area contributed by atoms with Crippen molar-refractivity contribution < 1.29 is 14.3 Å². The Morgan fingerprint density at radius 1 is 1.53 bits per heavy atom. The molecular formula is C12H22N4O3. The molecule has 0 saturated carbocycles. The number of rotatable bonds is 7. The Morgan fingerprint density at radius 2 is 2.26 bits per heavy atom. The zero-order chi connectivity index (χ0) is 14.3. The third-order valence-electron chi connectivity index (χ3n) is 2.75. The molecule has 7 nitrogen and oxygen atoms in total. The number of hydrogen-bond acceptors (Lipinski definition) is 5. The molecule has 0 atom stereocenters. The molecule has 0 aromatic heterocycles. The maximum absolute atomic E-state index is 11.8. The fourth-order valence-electron chi connectivity index (χ4n) is 1.73. The SMILES string of the molecule is CCOC(=O)C1=C(CN(C)CCNC)NC(=O)NC1. The molecule has 0 aliphatic carbocycles. The van der Waals surface area contributed by atoms with Gasteiger partial charge in [0.2, 0.25) is 0 Å². The number of ether oxygens (including phenoxy) is 1. The average Bonchev–Trinajstić information content (AvgIpc) is 2.36. The normalized spacial score (nSPS) is 15.3. The van der Waals surface area contributed by atoms with Crippen LogP contribution in [-0.2, 0) is 9.53 Å². The van der Waals surface area contributed by atoms with E-state index >= 15 is 0 Å². The van der Waals surface area contributed by atoms with E-state index in [2.05, 4.69) is 16.0 Å². The van der Waals surface area contributed by atoms with Gasteiger partial charge in [0.15, 0.2) is 0 Å². The van der Waals surface area contributed by atoms with Gasteiger partial charge in [0, 0.05) is 25.3 Å². The number of nitrogens with zero attached hydrogens (tertiary/aromatic N) is 1. The van der Waals surface area contributed by atoms with Crippen LogP contribution in [-0.4, -0.2) is 63.8 Å². The van der Waals surface area contributed by atoms with Gasteiger partial charge in [-0.1, -0.05) is 0 Å². The summed E-state index contributed by atoms with van der Waals surface area (Å²) in [4.78, 5) is 25.2. The molecule has 0 aromatic carbocycles. The lowest BCUT2D eigenvalue weighted by atomic mass is 10.1. The third kappa shape index (κ3) is 4.88. The molecule has 3 N–H and O–H groups in total. The van der Waals surface area contributed by atoms with Crippen LogP contribution >= 0.6 is 0 Å². The second-order valence-electron chi connectivity index (χ2n) is 4.33. The summed E-state index contributed by atoms with van der Waals surface area (Å²) in [5.74, 6) is -0.382. The molecule has 2 amide bonds. The Bertz CT molecular complexity index is 368. The smallest absolute Gasteiger partial charge is 0.337 e. The van der Waals surface area contributed by atoms with Crippen LogP contribution in [0.1, 0.15) is 6.92 Å². The second-order valence-corrected chi connectivity index (χ2v) is 4.33. The molecule has 0 fully saturated rings. The van der Waals surface area contributed by atoms with E-state index in [9.17, 15) is 9.59 Å². The topological polar surface area (TPSA) is 82.7 Å². The van der Waals surface area contributed by atoms with Crippen molar-refractivity contribution in [3.05, 3.63) is 11.3 Å². The predicted molar refractivity (Wildman–Crippen MR) is 71.6 cm³/mol. The first-order chi connectivity index (χ1) is 9.08. The fraction of sp³-hybridized carbons (Fsp3) is 0.667. The maximum Gasteiger partial charge on any atom is 0.337 e. The molecule has 0 spiro atoms. The van der Waals surface area contributed by atoms with Gasteiger partial charge in [-0.3, -0.25) is 4.90 Å². The zero-order valence-electron chi connectivity index (χ0n) is 11.7. The van der Waals surface area contributed by atoms with E-state index in [0.717, 1.165) is 13.1 Å². The molecule has 1 aliphatic rings. The molecule has 1 aliphatic heterocycles. The van der Waals surface area contributed by atoms with Gasteiger partial charge < -0.3 is 20.7 Å². The Labute approximate surface area is 113 Å². The summed E-state index contributed by atoms with van der Waals surface area (Å²) >= 11 is 0. The van der Waals surface area contributed by atoms with Gasteiger partial charge in [-0.05, 0) is 21.0 Å². The minimum absolute atomic E-state index is 0.208. The minimum atomic E-state index is -0.382. The van der Waals surface area contributed by atoms with Crippen molar-refractivity contribution in [3.63, 3.8) is 0 Å². The number of carbonyl (C=O) groups excluding carboxylic acids is 2. The van der Waals surface area contributed by atoms with Crippen LogP contribution in [0.25, 0.3) is 0 Å². The van der Waals surface area contributed by atoms with E-state index in [-0.39, 0.29) is 18.5 Å². The quantitative estimate of drug-likeness (QED) is 0.531. The number of esters is 1. The summed E-state index contributed by atoms with van der Waals surface area (Å²) in [7, 11) is 3.81. The molecule has 0 saturated heterocycles. The van der Waals surface area contributed by atoms with Gasteiger partial charge in [0.25, 0.3) is 0 Å². The van der Waals surface area contributed by atoms with Crippen molar-refractivity contribution in [1.29, 1.82) is 0 Å². The van der Waals surface area contributed by atoms with Crippen LogP contribution in [0.2, 0.25) is 0 Å². The predicted octanol–water partition coefficient (Wildman–Crippen LogP) is -0.732. The molecule has 0 bridgehead atoms. The largest absolute Gasteiger partial charge is 0.463 e. The summed E-state index contributed by atoms with van der Waals surface area (Å²) in [5.41, 5.74) is 1.10. The van der Waals surface area contributed by atoms with E-state index in [1.807, 2.05) is 19.0 Å². The molecule has 1 rings (SSSR count). The lowest BCUT2D eigenvalue weighted by Gasteiger charge is -2.25. The molecule has 0 unspecified atom stereocenters. The van der Waals surface area contributed by atoms with Gasteiger partial charge in [-0.15, -0.1) is 0 Å². The Kier molecular flexibility index (Phi) is 6.31. The highest BCUT2D eigenvalue weighted by Gasteiger charge is 2.24. The molecule has 108 valence electrons. The molecular weight excluding hydrogens is 248 g/mol. The van der Waals surface area contributed by atoms with E-state index < -0.39 is 0 Å². The Hall–Kier alpha value is -1.60. The highest BCUT2D eigenvalue weighted by Crippen LogP contribution is 2.09. The van der Waals surface area contributed by atoms with Crippen molar-refractivity contribution in [2.45, 2.75) is 6.92 Å². The number of carbonyl (C=O) groups is 2. The Morgan fingerprint density at radius 3 is 2.89 bits per heavy atom. The number of amides is 2. The lowest BCUT2D eigenvalue weighted by Crippen LogP contribution is -2.46. The third-order valence-corrected chi connectivity index (χ3v) is 2.75. The monoisotopic (exact) mass is 270 g/mol. The van der Waals surface area contributed by atoms with E-state index in [4.69, 9.17) is 4.74 Å². The minimum Gasteiger partial charge on any atom is -0.463 e. The maximum atomic E-state index is 11.8. The van der Waals surface area contributed by atoms with E-state index in [1.54, 1.807) is 6.92 Å². The standard InChI is InChI=1S/C12H22N4O3/c1-4-19-11(17)9-7-14-12(18)15-10(9)8-16(3)6-5-13-2/h13H,4-8H2,1-3H3,(H2,14,15,18). The first kappa shape index (κ1) is 15.5. The van der Waals surface area contributed by atoms with E-state index in [1.165, 1.54) is 0 Å². The van der Waals surface area contributed by atoms with Crippen molar-refractivity contribution in [2.24, 2.45) is 0 Å². The Balaban J connectivity index is 2.75. The first-order valence-corrected chi connectivity index (χ1v) is 6.35. The van der Waals surface area contributed by atoms with Gasteiger partial charge in [0.1, 0.15) is 0 Å². The van der Waals surface area contributed by atoms with Gasteiger partial charge in [-0.25, -0.2) is 9.59 Å². The van der Waals surface area contributed by atoms with Gasteiger partial charge >= 0.3 is 12.0 Å². The average molecular weight is 270 g/mol. The molecule has 0 aromatic rings. The number of hydrogen-bond donors (Lipinski definition) is 3. The van der Waals surface area contributed by atoms with Crippen molar-refractivity contribution >= 4 is 12.0 Å². The number of urea groups is 1. The van der Waals surface area contributed by atoms with Crippen LogP contribution in [0.3, 0.4) is 0 Å².